The van der Waals surface area contributed by atoms with Crippen LogP contribution in [0.5, 0.6) is 0 Å². The number of pyridine rings is 1. The molecule has 18 heavy (non-hydrogen) atoms. The lowest BCUT2D eigenvalue weighted by molar-refractivity contribution is -0.131. The molecule has 0 radical (unpaired) electrons. The van der Waals surface area contributed by atoms with E-state index in [9.17, 15) is 4.79 Å². The van der Waals surface area contributed by atoms with E-state index in [-0.39, 0.29) is 0 Å². The second-order valence-electron chi connectivity index (χ2n) is 4.26. The summed E-state index contributed by atoms with van der Waals surface area (Å²) in [6.45, 7) is 4.49. The standard InChI is InChI=1S/C14H16N2O2/c1-2-10-16(12-6-7-12)14-11(4-3-9-15-14)5-8-13(17)18/h2-5,8-9,12H,1,6-7,10H2,(H,17,18)/b8-5+. The zero-order valence-electron chi connectivity index (χ0n) is 10.1. The van der Waals surface area contributed by atoms with Gasteiger partial charge in [-0.3, -0.25) is 0 Å². The third kappa shape index (κ3) is 2.97. The summed E-state index contributed by atoms with van der Waals surface area (Å²) in [7, 11) is 0. The number of rotatable bonds is 6. The highest BCUT2D eigenvalue weighted by molar-refractivity contribution is 5.86. The van der Waals surface area contributed by atoms with Crippen LogP contribution in [0.15, 0.2) is 37.1 Å². The number of aliphatic carboxylic acids is 1. The number of aromatic nitrogens is 1. The van der Waals surface area contributed by atoms with Gasteiger partial charge in [0, 0.05) is 30.4 Å². The molecule has 0 spiro atoms. The van der Waals surface area contributed by atoms with Crippen molar-refractivity contribution < 1.29 is 9.90 Å². The highest BCUT2D eigenvalue weighted by Crippen LogP contribution is 2.32. The lowest BCUT2D eigenvalue weighted by atomic mass is 10.2. The Morgan fingerprint density at radius 3 is 3.00 bits per heavy atom. The van der Waals surface area contributed by atoms with E-state index in [0.29, 0.717) is 6.04 Å². The molecule has 1 saturated carbocycles. The SMILES string of the molecule is C=CCN(c1ncccc1/C=C/C(=O)O)C1CC1. The molecule has 1 aromatic heterocycles. The number of hydrogen-bond acceptors (Lipinski definition) is 3. The van der Waals surface area contributed by atoms with Crippen LogP contribution >= 0.6 is 0 Å². The van der Waals surface area contributed by atoms with Gasteiger partial charge >= 0.3 is 5.97 Å². The number of hydrogen-bond donors (Lipinski definition) is 1. The Morgan fingerprint density at radius 1 is 1.61 bits per heavy atom. The van der Waals surface area contributed by atoms with E-state index in [1.807, 2.05) is 18.2 Å². The first kappa shape index (κ1) is 12.4. The Balaban J connectivity index is 2.29. The first-order valence-corrected chi connectivity index (χ1v) is 5.96. The van der Waals surface area contributed by atoms with Gasteiger partial charge in [-0.25, -0.2) is 9.78 Å². The average molecular weight is 244 g/mol. The summed E-state index contributed by atoms with van der Waals surface area (Å²) in [5.41, 5.74) is 0.827. The second-order valence-corrected chi connectivity index (χ2v) is 4.26. The van der Waals surface area contributed by atoms with Crippen LogP contribution in [0.1, 0.15) is 18.4 Å². The molecule has 94 valence electrons. The molecule has 1 N–H and O–H groups in total. The Labute approximate surface area is 106 Å². The molecule has 1 aliphatic rings. The summed E-state index contributed by atoms with van der Waals surface area (Å²) in [4.78, 5) is 17.1. The number of carboxylic acids is 1. The summed E-state index contributed by atoms with van der Waals surface area (Å²) in [5, 5.41) is 8.69. The second kappa shape index (κ2) is 5.49. The van der Waals surface area contributed by atoms with Gasteiger partial charge in [0.1, 0.15) is 5.82 Å². The van der Waals surface area contributed by atoms with Gasteiger partial charge in [0.2, 0.25) is 0 Å². The molecule has 2 rings (SSSR count). The monoisotopic (exact) mass is 244 g/mol. The molecule has 0 aromatic carbocycles. The van der Waals surface area contributed by atoms with Crippen molar-refractivity contribution in [1.82, 2.24) is 4.98 Å². The smallest absolute Gasteiger partial charge is 0.328 e. The summed E-state index contributed by atoms with van der Waals surface area (Å²) >= 11 is 0. The van der Waals surface area contributed by atoms with E-state index in [4.69, 9.17) is 5.11 Å². The van der Waals surface area contributed by atoms with E-state index in [1.165, 1.54) is 0 Å². The number of carboxylic acid groups (broad SMARTS) is 1. The van der Waals surface area contributed by atoms with Crippen molar-refractivity contribution in [3.05, 3.63) is 42.6 Å². The van der Waals surface area contributed by atoms with Gasteiger partial charge in [-0.2, -0.15) is 0 Å². The van der Waals surface area contributed by atoms with Crippen molar-refractivity contribution in [2.24, 2.45) is 0 Å². The minimum Gasteiger partial charge on any atom is -0.478 e. The third-order valence-corrected chi connectivity index (χ3v) is 2.81. The summed E-state index contributed by atoms with van der Waals surface area (Å²) in [5.74, 6) is -0.121. The Morgan fingerprint density at radius 2 is 2.39 bits per heavy atom. The molecule has 1 fully saturated rings. The maximum Gasteiger partial charge on any atom is 0.328 e. The largest absolute Gasteiger partial charge is 0.478 e. The van der Waals surface area contributed by atoms with Crippen molar-refractivity contribution in [2.45, 2.75) is 18.9 Å². The van der Waals surface area contributed by atoms with E-state index < -0.39 is 5.97 Å². The normalized spacial score (nSPS) is 14.7. The summed E-state index contributed by atoms with van der Waals surface area (Å²) in [6, 6.07) is 4.19. The predicted octanol–water partition coefficient (Wildman–Crippen LogP) is 2.33. The van der Waals surface area contributed by atoms with E-state index >= 15 is 0 Å². The maximum absolute atomic E-state index is 10.6. The number of anilines is 1. The summed E-state index contributed by atoms with van der Waals surface area (Å²) < 4.78 is 0. The van der Waals surface area contributed by atoms with E-state index in [0.717, 1.165) is 36.8 Å². The molecular formula is C14H16N2O2. The van der Waals surface area contributed by atoms with Crippen LogP contribution in [0.3, 0.4) is 0 Å². The topological polar surface area (TPSA) is 53.4 Å². The molecule has 0 aliphatic heterocycles. The zero-order valence-corrected chi connectivity index (χ0v) is 10.1. The molecule has 0 atom stereocenters. The van der Waals surface area contributed by atoms with Crippen LogP contribution in [0.2, 0.25) is 0 Å². The minimum absolute atomic E-state index is 0.509. The zero-order chi connectivity index (χ0) is 13.0. The Bertz CT molecular complexity index is 478. The molecule has 1 aromatic rings. The third-order valence-electron chi connectivity index (χ3n) is 2.81. The quantitative estimate of drug-likeness (QED) is 0.616. The van der Waals surface area contributed by atoms with Crippen LogP contribution in [0, 0.1) is 0 Å². The number of carbonyl (C=O) groups is 1. The Kier molecular flexibility index (Phi) is 3.77. The molecule has 1 aliphatic carbocycles. The first-order valence-electron chi connectivity index (χ1n) is 5.96. The van der Waals surface area contributed by atoms with Gasteiger partial charge in [0.05, 0.1) is 0 Å². The molecule has 0 saturated heterocycles. The van der Waals surface area contributed by atoms with Gasteiger partial charge in [0.25, 0.3) is 0 Å². The van der Waals surface area contributed by atoms with E-state index in [2.05, 4.69) is 16.5 Å². The van der Waals surface area contributed by atoms with Crippen LogP contribution in [-0.2, 0) is 4.79 Å². The van der Waals surface area contributed by atoms with Crippen molar-refractivity contribution in [3.63, 3.8) is 0 Å². The van der Waals surface area contributed by atoms with Crippen molar-refractivity contribution in [2.75, 3.05) is 11.4 Å². The fraction of sp³-hybridized carbons (Fsp3) is 0.286. The molecule has 0 amide bonds. The minimum atomic E-state index is -0.952. The van der Waals surface area contributed by atoms with Gasteiger partial charge in [-0.15, -0.1) is 6.58 Å². The highest BCUT2D eigenvalue weighted by Gasteiger charge is 2.30. The lowest BCUT2D eigenvalue weighted by Crippen LogP contribution is -2.27. The molecule has 1 heterocycles. The molecular weight excluding hydrogens is 228 g/mol. The molecule has 0 bridgehead atoms. The van der Waals surface area contributed by atoms with Crippen LogP contribution in [-0.4, -0.2) is 28.6 Å². The van der Waals surface area contributed by atoms with Crippen LogP contribution < -0.4 is 4.90 Å². The first-order chi connectivity index (χ1) is 8.72. The Hall–Kier alpha value is -2.10. The maximum atomic E-state index is 10.6. The predicted molar refractivity (Wildman–Crippen MR) is 71.5 cm³/mol. The molecule has 4 heteroatoms. The van der Waals surface area contributed by atoms with E-state index in [1.54, 1.807) is 12.3 Å². The van der Waals surface area contributed by atoms with Crippen molar-refractivity contribution in [3.8, 4) is 0 Å². The molecule has 0 unspecified atom stereocenters. The fourth-order valence-corrected chi connectivity index (χ4v) is 1.87. The highest BCUT2D eigenvalue weighted by atomic mass is 16.4. The van der Waals surface area contributed by atoms with Gasteiger partial charge < -0.3 is 10.0 Å². The van der Waals surface area contributed by atoms with Gasteiger partial charge in [-0.1, -0.05) is 6.08 Å². The molecule has 4 nitrogen and oxygen atoms in total. The van der Waals surface area contributed by atoms with Crippen molar-refractivity contribution in [1.29, 1.82) is 0 Å². The van der Waals surface area contributed by atoms with Crippen molar-refractivity contribution >= 4 is 17.9 Å². The fourth-order valence-electron chi connectivity index (χ4n) is 1.87. The van der Waals surface area contributed by atoms with Gasteiger partial charge in [0.15, 0.2) is 0 Å². The average Bonchev–Trinajstić information content (AvgIpc) is 3.18. The van der Waals surface area contributed by atoms with Crippen LogP contribution in [0.25, 0.3) is 6.08 Å². The lowest BCUT2D eigenvalue weighted by Gasteiger charge is -2.23. The van der Waals surface area contributed by atoms with Crippen LogP contribution in [0.4, 0.5) is 5.82 Å². The number of nitrogens with zero attached hydrogens (tertiary/aromatic N) is 2. The summed E-state index contributed by atoms with van der Waals surface area (Å²) in [6.07, 6.45) is 8.62. The van der Waals surface area contributed by atoms with Gasteiger partial charge in [-0.05, 0) is 31.1 Å².